The Morgan fingerprint density at radius 2 is 1.76 bits per heavy atom. The van der Waals surface area contributed by atoms with Crippen LogP contribution in [0.4, 0.5) is 5.82 Å². The number of anilines is 1. The number of hydrogen-bond acceptors (Lipinski definition) is 3. The number of nitrogens with zero attached hydrogens (tertiary/aromatic N) is 2. The van der Waals surface area contributed by atoms with Crippen molar-refractivity contribution in [3.63, 3.8) is 0 Å². The molecule has 3 nitrogen and oxygen atoms in total. The molecule has 1 saturated carbocycles. The smallest absolute Gasteiger partial charge is 0.148 e. The maximum absolute atomic E-state index is 4.65. The average molecular weight is 227 g/mol. The van der Waals surface area contributed by atoms with Gasteiger partial charge in [-0.3, -0.25) is 0 Å². The standard InChI is InChI=1S/C14H17N3/c1-9-13(17-12-8-14(12,2)3)16-11-7-5-4-6-10(11)15-9/h4-7,12H,8H2,1-3H3,(H,16,17). The predicted octanol–water partition coefficient (Wildman–Crippen LogP) is 3.15. The van der Waals surface area contributed by atoms with Crippen molar-refractivity contribution in [1.82, 2.24) is 9.97 Å². The first-order chi connectivity index (χ1) is 8.06. The minimum absolute atomic E-state index is 0.403. The third-order valence-corrected chi connectivity index (χ3v) is 3.57. The number of benzene rings is 1. The fraction of sp³-hybridized carbons (Fsp3) is 0.429. The highest BCUT2D eigenvalue weighted by Gasteiger charge is 2.46. The molecule has 1 aliphatic rings. The summed E-state index contributed by atoms with van der Waals surface area (Å²) < 4.78 is 0. The second kappa shape index (κ2) is 3.42. The Balaban J connectivity index is 1.96. The fourth-order valence-corrected chi connectivity index (χ4v) is 2.10. The van der Waals surface area contributed by atoms with Crippen LogP contribution in [0.3, 0.4) is 0 Å². The normalized spacial score (nSPS) is 21.5. The predicted molar refractivity (Wildman–Crippen MR) is 70.1 cm³/mol. The second-order valence-corrected chi connectivity index (χ2v) is 5.54. The van der Waals surface area contributed by atoms with Crippen molar-refractivity contribution in [2.24, 2.45) is 5.41 Å². The van der Waals surface area contributed by atoms with E-state index in [0.717, 1.165) is 22.5 Å². The van der Waals surface area contributed by atoms with E-state index in [-0.39, 0.29) is 0 Å². The molecule has 1 aliphatic carbocycles. The van der Waals surface area contributed by atoms with Gasteiger partial charge in [0.2, 0.25) is 0 Å². The lowest BCUT2D eigenvalue weighted by Gasteiger charge is -2.10. The molecule has 0 radical (unpaired) electrons. The van der Waals surface area contributed by atoms with Crippen LogP contribution in [0.15, 0.2) is 24.3 Å². The van der Waals surface area contributed by atoms with E-state index in [9.17, 15) is 0 Å². The molecule has 88 valence electrons. The van der Waals surface area contributed by atoms with Crippen molar-refractivity contribution < 1.29 is 0 Å². The largest absolute Gasteiger partial charge is 0.365 e. The molecule has 3 heteroatoms. The van der Waals surface area contributed by atoms with E-state index >= 15 is 0 Å². The molecule has 0 spiro atoms. The molecule has 0 bridgehead atoms. The van der Waals surface area contributed by atoms with E-state index in [1.54, 1.807) is 0 Å². The van der Waals surface area contributed by atoms with Crippen LogP contribution in [-0.4, -0.2) is 16.0 Å². The van der Waals surface area contributed by atoms with Crippen molar-refractivity contribution >= 4 is 16.9 Å². The van der Waals surface area contributed by atoms with Crippen LogP contribution in [0, 0.1) is 12.3 Å². The van der Waals surface area contributed by atoms with Crippen molar-refractivity contribution in [3.05, 3.63) is 30.0 Å². The van der Waals surface area contributed by atoms with Gasteiger partial charge in [0.05, 0.1) is 16.7 Å². The molecule has 1 N–H and O–H groups in total. The van der Waals surface area contributed by atoms with E-state index in [1.165, 1.54) is 6.42 Å². The molecule has 0 amide bonds. The molecule has 1 heterocycles. The average Bonchev–Trinajstić information content (AvgIpc) is 2.87. The Morgan fingerprint density at radius 3 is 2.35 bits per heavy atom. The van der Waals surface area contributed by atoms with Gasteiger partial charge in [-0.15, -0.1) is 0 Å². The monoisotopic (exact) mass is 227 g/mol. The van der Waals surface area contributed by atoms with Gasteiger partial charge < -0.3 is 5.32 Å². The van der Waals surface area contributed by atoms with Gasteiger partial charge in [-0.1, -0.05) is 26.0 Å². The van der Waals surface area contributed by atoms with Crippen molar-refractivity contribution in [3.8, 4) is 0 Å². The van der Waals surface area contributed by atoms with Crippen LogP contribution in [0.25, 0.3) is 11.0 Å². The summed E-state index contributed by atoms with van der Waals surface area (Å²) in [5, 5.41) is 3.49. The van der Waals surface area contributed by atoms with Crippen LogP contribution in [-0.2, 0) is 0 Å². The Hall–Kier alpha value is -1.64. The maximum Gasteiger partial charge on any atom is 0.148 e. The zero-order chi connectivity index (χ0) is 12.0. The molecular formula is C14H17N3. The highest BCUT2D eigenvalue weighted by atomic mass is 15.1. The summed E-state index contributed by atoms with van der Waals surface area (Å²) in [5.74, 6) is 0.930. The second-order valence-electron chi connectivity index (χ2n) is 5.54. The number of rotatable bonds is 2. The summed E-state index contributed by atoms with van der Waals surface area (Å²) in [4.78, 5) is 9.23. The fourth-order valence-electron chi connectivity index (χ4n) is 2.10. The van der Waals surface area contributed by atoms with Crippen molar-refractivity contribution in [2.45, 2.75) is 33.2 Å². The summed E-state index contributed by atoms with van der Waals surface area (Å²) in [6.07, 6.45) is 1.21. The van der Waals surface area contributed by atoms with Crippen LogP contribution < -0.4 is 5.32 Å². The molecule has 1 atom stereocenters. The van der Waals surface area contributed by atoms with Crippen LogP contribution in [0.2, 0.25) is 0 Å². The molecule has 0 saturated heterocycles. The quantitative estimate of drug-likeness (QED) is 0.856. The van der Waals surface area contributed by atoms with Crippen LogP contribution in [0.5, 0.6) is 0 Å². The van der Waals surface area contributed by atoms with Gasteiger partial charge in [-0.05, 0) is 30.9 Å². The molecule has 0 aliphatic heterocycles. The van der Waals surface area contributed by atoms with Gasteiger partial charge in [0.15, 0.2) is 0 Å². The van der Waals surface area contributed by atoms with Crippen LogP contribution in [0.1, 0.15) is 26.0 Å². The lowest BCUT2D eigenvalue weighted by Crippen LogP contribution is -2.11. The molecule has 3 rings (SSSR count). The van der Waals surface area contributed by atoms with Gasteiger partial charge in [-0.2, -0.15) is 0 Å². The molecule has 17 heavy (non-hydrogen) atoms. The van der Waals surface area contributed by atoms with Crippen molar-refractivity contribution in [2.75, 3.05) is 5.32 Å². The van der Waals surface area contributed by atoms with E-state index in [0.29, 0.717) is 11.5 Å². The molecular weight excluding hydrogens is 210 g/mol. The van der Waals surface area contributed by atoms with E-state index in [4.69, 9.17) is 0 Å². The summed E-state index contributed by atoms with van der Waals surface area (Å²) in [6, 6.07) is 8.53. The minimum Gasteiger partial charge on any atom is -0.365 e. The first-order valence-electron chi connectivity index (χ1n) is 6.06. The maximum atomic E-state index is 4.65. The van der Waals surface area contributed by atoms with E-state index in [1.807, 2.05) is 31.2 Å². The summed E-state index contributed by atoms with van der Waals surface area (Å²) in [7, 11) is 0. The minimum atomic E-state index is 0.403. The van der Waals surface area contributed by atoms with Gasteiger partial charge in [0, 0.05) is 6.04 Å². The third kappa shape index (κ3) is 1.86. The highest BCUT2D eigenvalue weighted by Crippen LogP contribution is 2.46. The highest BCUT2D eigenvalue weighted by molar-refractivity contribution is 5.76. The number of aromatic nitrogens is 2. The molecule has 1 unspecified atom stereocenters. The Bertz CT molecular complexity index is 575. The van der Waals surface area contributed by atoms with Gasteiger partial charge in [-0.25, -0.2) is 9.97 Å². The van der Waals surface area contributed by atoms with Gasteiger partial charge in [0.25, 0.3) is 0 Å². The third-order valence-electron chi connectivity index (χ3n) is 3.57. The Morgan fingerprint density at radius 1 is 1.18 bits per heavy atom. The molecule has 1 aromatic carbocycles. The molecule has 1 fully saturated rings. The van der Waals surface area contributed by atoms with Crippen molar-refractivity contribution in [1.29, 1.82) is 0 Å². The van der Waals surface area contributed by atoms with E-state index in [2.05, 4.69) is 29.1 Å². The first kappa shape index (κ1) is 10.5. The topological polar surface area (TPSA) is 37.8 Å². The zero-order valence-corrected chi connectivity index (χ0v) is 10.5. The summed E-state index contributed by atoms with van der Waals surface area (Å²) in [5.41, 5.74) is 3.30. The van der Waals surface area contributed by atoms with Gasteiger partial charge >= 0.3 is 0 Å². The number of aryl methyl sites for hydroxylation is 1. The lowest BCUT2D eigenvalue weighted by molar-refractivity contribution is 0.629. The van der Waals surface area contributed by atoms with E-state index < -0.39 is 0 Å². The van der Waals surface area contributed by atoms with Crippen LogP contribution >= 0.6 is 0 Å². The Labute approximate surface area is 101 Å². The molecule has 1 aromatic heterocycles. The number of fused-ring (bicyclic) bond motifs is 1. The summed E-state index contributed by atoms with van der Waals surface area (Å²) >= 11 is 0. The lowest BCUT2D eigenvalue weighted by atomic mass is 10.2. The van der Waals surface area contributed by atoms with Gasteiger partial charge in [0.1, 0.15) is 5.82 Å². The number of nitrogens with one attached hydrogen (secondary N) is 1. The zero-order valence-electron chi connectivity index (χ0n) is 10.5. The molecule has 2 aromatic rings. The first-order valence-corrected chi connectivity index (χ1v) is 6.06. The SMILES string of the molecule is Cc1nc2ccccc2nc1NC1CC1(C)C. The number of para-hydroxylation sites is 2. The Kier molecular flexibility index (Phi) is 2.12. The summed E-state index contributed by atoms with van der Waals surface area (Å²) in [6.45, 7) is 6.56. The number of hydrogen-bond donors (Lipinski definition) is 1.